The number of aliphatic hydroxyl groups is 5. The van der Waals surface area contributed by atoms with Crippen LogP contribution in [-0.4, -0.2) is 81.2 Å². The van der Waals surface area contributed by atoms with Crippen LogP contribution in [0.3, 0.4) is 0 Å². The first-order valence-electron chi connectivity index (χ1n) is 8.40. The summed E-state index contributed by atoms with van der Waals surface area (Å²) in [5, 5.41) is 50.6. The van der Waals surface area contributed by atoms with Crippen LogP contribution in [0.5, 0.6) is 0 Å². The molecule has 0 aromatic heterocycles. The van der Waals surface area contributed by atoms with E-state index in [0.717, 1.165) is 5.56 Å². The molecule has 1 aliphatic rings. The number of carbonyl (C=O) groups is 1. The molecule has 1 aromatic rings. The van der Waals surface area contributed by atoms with Gasteiger partial charge in [-0.15, -0.1) is 0 Å². The molecule has 1 aliphatic heterocycles. The van der Waals surface area contributed by atoms with Crippen molar-refractivity contribution in [1.82, 2.24) is 5.32 Å². The Morgan fingerprint density at radius 2 is 1.73 bits per heavy atom. The molecule has 1 unspecified atom stereocenters. The van der Waals surface area contributed by atoms with Crippen LogP contribution >= 0.6 is 0 Å². The van der Waals surface area contributed by atoms with Crippen LogP contribution < -0.4 is 5.32 Å². The molecule has 1 heterocycles. The summed E-state index contributed by atoms with van der Waals surface area (Å²) in [7, 11) is 0. The van der Waals surface area contributed by atoms with E-state index in [0.29, 0.717) is 0 Å². The highest BCUT2D eigenvalue weighted by Crippen LogP contribution is 2.23. The zero-order valence-corrected chi connectivity index (χ0v) is 14.2. The van der Waals surface area contributed by atoms with E-state index >= 15 is 0 Å². The third-order valence-electron chi connectivity index (χ3n) is 4.24. The van der Waals surface area contributed by atoms with Crippen LogP contribution in [0.2, 0.25) is 0 Å². The maximum atomic E-state index is 12.2. The fourth-order valence-corrected chi connectivity index (χ4v) is 2.74. The van der Waals surface area contributed by atoms with Crippen molar-refractivity contribution in [2.24, 2.45) is 0 Å². The van der Waals surface area contributed by atoms with E-state index in [-0.39, 0.29) is 13.0 Å². The molecule has 1 amide bonds. The quantitative estimate of drug-likeness (QED) is 0.341. The molecule has 1 saturated heterocycles. The summed E-state index contributed by atoms with van der Waals surface area (Å²) in [6.07, 6.45) is -3.49. The van der Waals surface area contributed by atoms with Gasteiger partial charge in [0.15, 0.2) is 0 Å². The van der Waals surface area contributed by atoms with E-state index in [9.17, 15) is 25.2 Å². The summed E-state index contributed by atoms with van der Waals surface area (Å²) in [4.78, 5) is 12.2. The minimum absolute atomic E-state index is 0.295. The van der Waals surface area contributed by atoms with Crippen molar-refractivity contribution in [3.8, 4) is 0 Å². The second-order valence-electron chi connectivity index (χ2n) is 6.20. The molecule has 0 aliphatic carbocycles. The van der Waals surface area contributed by atoms with E-state index in [1.54, 1.807) is 12.2 Å². The van der Waals surface area contributed by atoms with Crippen LogP contribution in [0.15, 0.2) is 36.4 Å². The van der Waals surface area contributed by atoms with E-state index in [2.05, 4.69) is 5.32 Å². The number of rotatable bonds is 7. The molecule has 26 heavy (non-hydrogen) atoms. The maximum absolute atomic E-state index is 12.2. The number of aliphatic hydroxyl groups excluding tert-OH is 5. The monoisotopic (exact) mass is 367 g/mol. The average Bonchev–Trinajstić information content (AvgIpc) is 2.66. The van der Waals surface area contributed by atoms with Crippen LogP contribution in [0, 0.1) is 0 Å². The lowest BCUT2D eigenvalue weighted by atomic mass is 9.93. The third-order valence-corrected chi connectivity index (χ3v) is 4.24. The largest absolute Gasteiger partial charge is 0.394 e. The predicted molar refractivity (Wildman–Crippen MR) is 92.9 cm³/mol. The number of amides is 1. The molecular formula is C18H25NO7. The maximum Gasteiger partial charge on any atom is 0.223 e. The molecule has 0 radical (unpaired) electrons. The Labute approximate surface area is 151 Å². The highest BCUT2D eigenvalue weighted by Gasteiger charge is 2.43. The van der Waals surface area contributed by atoms with Gasteiger partial charge in [-0.25, -0.2) is 0 Å². The second kappa shape index (κ2) is 9.77. The van der Waals surface area contributed by atoms with Gasteiger partial charge in [-0.1, -0.05) is 42.5 Å². The van der Waals surface area contributed by atoms with Crippen LogP contribution in [-0.2, 0) is 9.53 Å². The molecule has 0 spiro atoms. The fraction of sp³-hybridized carbons (Fsp3) is 0.500. The van der Waals surface area contributed by atoms with Gasteiger partial charge in [-0.3, -0.25) is 4.79 Å². The first-order chi connectivity index (χ1) is 12.5. The lowest BCUT2D eigenvalue weighted by Gasteiger charge is -2.39. The predicted octanol–water partition coefficient (Wildman–Crippen LogP) is -1.59. The Kier molecular flexibility index (Phi) is 7.70. The van der Waals surface area contributed by atoms with Gasteiger partial charge >= 0.3 is 0 Å². The van der Waals surface area contributed by atoms with Crippen molar-refractivity contribution in [2.75, 3.05) is 13.2 Å². The van der Waals surface area contributed by atoms with Crippen LogP contribution in [0.4, 0.5) is 0 Å². The molecule has 1 fully saturated rings. The Balaban J connectivity index is 1.92. The number of nitrogens with one attached hydrogen (secondary N) is 1. The van der Waals surface area contributed by atoms with Crippen LogP contribution in [0.1, 0.15) is 12.0 Å². The smallest absolute Gasteiger partial charge is 0.223 e. The molecule has 8 heteroatoms. The molecule has 1 aromatic carbocycles. The van der Waals surface area contributed by atoms with E-state index in [4.69, 9.17) is 9.84 Å². The summed E-state index contributed by atoms with van der Waals surface area (Å²) >= 11 is 0. The number of hydrogen-bond acceptors (Lipinski definition) is 7. The van der Waals surface area contributed by atoms with Crippen molar-refractivity contribution in [3.05, 3.63) is 42.0 Å². The normalized spacial score (nSPS) is 30.3. The topological polar surface area (TPSA) is 139 Å². The minimum atomic E-state index is -1.52. The summed E-state index contributed by atoms with van der Waals surface area (Å²) in [6, 6.07) is 8.73. The standard InChI is InChI=1S/C18H25NO7/c20-9-12(7-6-11-4-2-1-3-5-11)19-15(22)8-13-16(23)18(25)17(24)14(10-21)26-13/h1-7,12-14,16-18,20-21,23-25H,8-10H2,(H,19,22)/b7-6+/t12?,13-,14+,16-,17+,18+/m0/s1. The first-order valence-corrected chi connectivity index (χ1v) is 8.40. The zero-order valence-electron chi connectivity index (χ0n) is 14.2. The van der Waals surface area contributed by atoms with Gasteiger partial charge in [0, 0.05) is 0 Å². The first kappa shape index (κ1) is 20.5. The van der Waals surface area contributed by atoms with Crippen molar-refractivity contribution < 1.29 is 35.1 Å². The minimum Gasteiger partial charge on any atom is -0.394 e. The summed E-state index contributed by atoms with van der Waals surface area (Å²) in [5.74, 6) is -0.508. The third kappa shape index (κ3) is 5.34. The fourth-order valence-electron chi connectivity index (χ4n) is 2.74. The summed E-state index contributed by atoms with van der Waals surface area (Å²) < 4.78 is 5.29. The Hall–Kier alpha value is -1.81. The van der Waals surface area contributed by atoms with E-state index in [1.165, 1.54) is 0 Å². The molecule has 0 saturated carbocycles. The highest BCUT2D eigenvalue weighted by atomic mass is 16.5. The molecule has 144 valence electrons. The summed E-state index contributed by atoms with van der Waals surface area (Å²) in [5.41, 5.74) is 0.911. The molecule has 8 nitrogen and oxygen atoms in total. The lowest BCUT2D eigenvalue weighted by molar-refractivity contribution is -0.229. The molecule has 6 N–H and O–H groups in total. The average molecular weight is 367 g/mol. The Morgan fingerprint density at radius 1 is 1.08 bits per heavy atom. The van der Waals surface area contributed by atoms with Crippen molar-refractivity contribution in [1.29, 1.82) is 0 Å². The SMILES string of the molecule is O=C(C[C@@H]1O[C@H](CO)[C@@H](O)[C@H](O)[C@H]1O)NC(/C=C/c1ccccc1)CO. The Morgan fingerprint density at radius 3 is 2.35 bits per heavy atom. The molecule has 6 atom stereocenters. The van der Waals surface area contributed by atoms with Crippen LogP contribution in [0.25, 0.3) is 6.08 Å². The lowest BCUT2D eigenvalue weighted by Crippen LogP contribution is -2.59. The Bertz CT molecular complexity index is 592. The van der Waals surface area contributed by atoms with Gasteiger partial charge in [0.2, 0.25) is 5.91 Å². The number of ether oxygens (including phenoxy) is 1. The molecule has 0 bridgehead atoms. The second-order valence-corrected chi connectivity index (χ2v) is 6.20. The molecular weight excluding hydrogens is 342 g/mol. The highest BCUT2D eigenvalue weighted by molar-refractivity contribution is 5.77. The number of benzene rings is 1. The van der Waals surface area contributed by atoms with Crippen molar-refractivity contribution >= 4 is 12.0 Å². The van der Waals surface area contributed by atoms with Gasteiger partial charge < -0.3 is 35.6 Å². The van der Waals surface area contributed by atoms with Crippen molar-refractivity contribution in [3.63, 3.8) is 0 Å². The van der Waals surface area contributed by atoms with Gasteiger partial charge in [0.25, 0.3) is 0 Å². The number of carbonyl (C=O) groups excluding carboxylic acids is 1. The van der Waals surface area contributed by atoms with E-state index in [1.807, 2.05) is 30.3 Å². The number of hydrogen-bond donors (Lipinski definition) is 6. The summed E-state index contributed by atoms with van der Waals surface area (Å²) in [6.45, 7) is -0.869. The van der Waals surface area contributed by atoms with Gasteiger partial charge in [0.1, 0.15) is 24.4 Å². The van der Waals surface area contributed by atoms with Gasteiger partial charge in [-0.05, 0) is 5.56 Å². The van der Waals surface area contributed by atoms with Gasteiger partial charge in [0.05, 0.1) is 31.8 Å². The van der Waals surface area contributed by atoms with E-state index < -0.39 is 49.1 Å². The van der Waals surface area contributed by atoms with Crippen molar-refractivity contribution in [2.45, 2.75) is 43.0 Å². The van der Waals surface area contributed by atoms with Gasteiger partial charge in [-0.2, -0.15) is 0 Å². The zero-order chi connectivity index (χ0) is 19.1. The molecule has 2 rings (SSSR count).